The third-order valence-corrected chi connectivity index (χ3v) is 6.99. The minimum absolute atomic E-state index is 0.0206. The summed E-state index contributed by atoms with van der Waals surface area (Å²) in [6.07, 6.45) is -4.92. The Morgan fingerprint density at radius 2 is 1.41 bits per heavy atom. The summed E-state index contributed by atoms with van der Waals surface area (Å²) in [4.78, 5) is 12.6. The molecule has 37 heavy (non-hydrogen) atoms. The molecule has 2 aromatic rings. The lowest BCUT2D eigenvalue weighted by molar-refractivity contribution is -0.268. The van der Waals surface area contributed by atoms with Crippen LogP contribution in [0.15, 0.2) is 36.4 Å². The molecule has 2 aromatic carbocycles. The molecule has 2 aliphatic heterocycles. The summed E-state index contributed by atoms with van der Waals surface area (Å²) in [5.41, 5.74) is 1.86. The van der Waals surface area contributed by atoms with Gasteiger partial charge in [0.15, 0.2) is 23.0 Å². The van der Waals surface area contributed by atoms with Crippen LogP contribution in [0, 0.1) is 11.8 Å². The predicted molar refractivity (Wildman–Crippen MR) is 131 cm³/mol. The van der Waals surface area contributed by atoms with Crippen LogP contribution in [0.3, 0.4) is 0 Å². The Morgan fingerprint density at radius 1 is 0.811 bits per heavy atom. The van der Waals surface area contributed by atoms with Gasteiger partial charge >= 0.3 is 5.97 Å². The Hall–Kier alpha value is -3.05. The Labute approximate surface area is 215 Å². The molecule has 0 amide bonds. The normalized spacial score (nSPS) is 29.5. The number of aliphatic hydroxyl groups excluding tert-OH is 3. The van der Waals surface area contributed by atoms with Crippen molar-refractivity contribution in [2.45, 2.75) is 50.5 Å². The van der Waals surface area contributed by atoms with E-state index in [1.165, 1.54) is 7.11 Å². The SMILES string of the molecule is COc1ccc(C[C@H]2COC(=O)[C@@H]2Cc2ccc(O[C@@H]3O[C@H](C)[C@@H](O)[C@H](O)[C@H]3O)c(OC)c2)cc1OC. The van der Waals surface area contributed by atoms with Crippen molar-refractivity contribution in [3.63, 3.8) is 0 Å². The van der Waals surface area contributed by atoms with E-state index < -0.39 is 30.7 Å². The average molecular weight is 519 g/mol. The summed E-state index contributed by atoms with van der Waals surface area (Å²) in [7, 11) is 4.65. The van der Waals surface area contributed by atoms with Crippen molar-refractivity contribution in [3.05, 3.63) is 47.5 Å². The van der Waals surface area contributed by atoms with Crippen LogP contribution in [0.25, 0.3) is 0 Å². The quantitative estimate of drug-likeness (QED) is 0.419. The van der Waals surface area contributed by atoms with Gasteiger partial charge in [0.25, 0.3) is 0 Å². The Kier molecular flexibility index (Phi) is 8.43. The minimum atomic E-state index is -1.44. The van der Waals surface area contributed by atoms with Crippen molar-refractivity contribution in [2.24, 2.45) is 11.8 Å². The molecule has 2 saturated heterocycles. The molecule has 2 aliphatic rings. The molecule has 2 fully saturated rings. The van der Waals surface area contributed by atoms with E-state index in [9.17, 15) is 20.1 Å². The first-order chi connectivity index (χ1) is 17.7. The minimum Gasteiger partial charge on any atom is -0.493 e. The summed E-state index contributed by atoms with van der Waals surface area (Å²) < 4.78 is 32.9. The number of benzene rings is 2. The first-order valence-corrected chi connectivity index (χ1v) is 12.2. The summed E-state index contributed by atoms with van der Waals surface area (Å²) in [5, 5.41) is 30.2. The van der Waals surface area contributed by atoms with Crippen LogP contribution in [0.2, 0.25) is 0 Å². The maximum Gasteiger partial charge on any atom is 0.309 e. The van der Waals surface area contributed by atoms with Gasteiger partial charge in [0.2, 0.25) is 6.29 Å². The zero-order valence-electron chi connectivity index (χ0n) is 21.3. The van der Waals surface area contributed by atoms with Crippen LogP contribution in [0.1, 0.15) is 18.1 Å². The van der Waals surface area contributed by atoms with Crippen molar-refractivity contribution in [3.8, 4) is 23.0 Å². The summed E-state index contributed by atoms with van der Waals surface area (Å²) in [6.45, 7) is 1.91. The van der Waals surface area contributed by atoms with E-state index in [1.54, 1.807) is 39.3 Å². The van der Waals surface area contributed by atoms with E-state index in [0.29, 0.717) is 42.4 Å². The largest absolute Gasteiger partial charge is 0.493 e. The Bertz CT molecular complexity index is 1090. The number of esters is 1. The molecule has 0 aromatic heterocycles. The molecule has 0 spiro atoms. The molecule has 0 aliphatic carbocycles. The third-order valence-electron chi connectivity index (χ3n) is 6.99. The topological polar surface area (TPSA) is 133 Å². The van der Waals surface area contributed by atoms with Crippen molar-refractivity contribution >= 4 is 5.97 Å². The van der Waals surface area contributed by atoms with Crippen LogP contribution >= 0.6 is 0 Å². The van der Waals surface area contributed by atoms with Crippen LogP contribution in [0.5, 0.6) is 23.0 Å². The van der Waals surface area contributed by atoms with Crippen LogP contribution in [0.4, 0.5) is 0 Å². The van der Waals surface area contributed by atoms with E-state index in [0.717, 1.165) is 11.1 Å². The van der Waals surface area contributed by atoms with E-state index in [1.807, 2.05) is 18.2 Å². The average Bonchev–Trinajstić information content (AvgIpc) is 3.24. The van der Waals surface area contributed by atoms with Crippen LogP contribution in [-0.4, -0.2) is 79.9 Å². The maximum absolute atomic E-state index is 12.6. The number of carbonyl (C=O) groups excluding carboxylic acids is 1. The molecule has 2 heterocycles. The van der Waals surface area contributed by atoms with Gasteiger partial charge in [0.05, 0.1) is 40.0 Å². The highest BCUT2D eigenvalue weighted by Gasteiger charge is 2.43. The monoisotopic (exact) mass is 518 g/mol. The van der Waals surface area contributed by atoms with Gasteiger partial charge in [-0.2, -0.15) is 0 Å². The Morgan fingerprint density at radius 3 is 2.05 bits per heavy atom. The lowest BCUT2D eigenvalue weighted by atomic mass is 9.85. The van der Waals surface area contributed by atoms with Crippen LogP contribution < -0.4 is 18.9 Å². The second kappa shape index (κ2) is 11.6. The second-order valence-electron chi connectivity index (χ2n) is 9.38. The van der Waals surface area contributed by atoms with E-state index in [4.69, 9.17) is 28.4 Å². The molecular weight excluding hydrogens is 484 g/mol. The molecule has 0 saturated carbocycles. The molecule has 0 bridgehead atoms. The fourth-order valence-corrected chi connectivity index (χ4v) is 4.79. The fraction of sp³-hybridized carbons (Fsp3) is 0.519. The lowest BCUT2D eigenvalue weighted by Crippen LogP contribution is -2.58. The van der Waals surface area contributed by atoms with Crippen molar-refractivity contribution < 1.29 is 48.5 Å². The van der Waals surface area contributed by atoms with E-state index in [2.05, 4.69) is 0 Å². The molecule has 7 atom stereocenters. The maximum atomic E-state index is 12.6. The standard InChI is InChI=1S/C27H34O10/c1-14-23(28)24(29)25(30)27(36-14)37-20-8-6-16(12-22(20)34-4)10-18-17(13-35-26(18)31)9-15-5-7-19(32-2)21(11-15)33-3/h5-8,11-12,14,17-18,23-25,27-30H,9-10,13H2,1-4H3/t14-,17+,18-,23-,24+,25-,27+/m1/s1. The van der Waals surface area contributed by atoms with Crippen molar-refractivity contribution in [1.29, 1.82) is 0 Å². The third kappa shape index (κ3) is 5.77. The highest BCUT2D eigenvalue weighted by atomic mass is 16.7. The number of rotatable bonds is 9. The second-order valence-corrected chi connectivity index (χ2v) is 9.38. The zero-order chi connectivity index (χ0) is 26.7. The highest BCUT2D eigenvalue weighted by Crippen LogP contribution is 2.36. The zero-order valence-corrected chi connectivity index (χ0v) is 21.3. The van der Waals surface area contributed by atoms with Gasteiger partial charge in [0.1, 0.15) is 18.3 Å². The molecule has 0 unspecified atom stereocenters. The number of aliphatic hydroxyl groups is 3. The molecule has 10 nitrogen and oxygen atoms in total. The molecule has 202 valence electrons. The Balaban J connectivity index is 1.47. The van der Waals surface area contributed by atoms with Crippen molar-refractivity contribution in [2.75, 3.05) is 27.9 Å². The number of carbonyl (C=O) groups is 1. The smallest absolute Gasteiger partial charge is 0.309 e. The lowest BCUT2D eigenvalue weighted by Gasteiger charge is -2.39. The highest BCUT2D eigenvalue weighted by molar-refractivity contribution is 5.75. The van der Waals surface area contributed by atoms with Gasteiger partial charge in [-0.25, -0.2) is 0 Å². The van der Waals surface area contributed by atoms with Gasteiger partial charge in [-0.1, -0.05) is 12.1 Å². The number of hydrogen-bond donors (Lipinski definition) is 3. The number of ether oxygens (including phenoxy) is 6. The summed E-state index contributed by atoms with van der Waals surface area (Å²) in [5.74, 6) is 1.34. The van der Waals surface area contributed by atoms with Gasteiger partial charge in [0, 0.05) is 5.92 Å². The molecule has 10 heteroatoms. The molecular formula is C27H34O10. The van der Waals surface area contributed by atoms with Crippen LogP contribution in [-0.2, 0) is 27.1 Å². The van der Waals surface area contributed by atoms with E-state index >= 15 is 0 Å². The van der Waals surface area contributed by atoms with Gasteiger partial charge in [-0.05, 0) is 55.2 Å². The van der Waals surface area contributed by atoms with E-state index in [-0.39, 0.29) is 17.8 Å². The molecule has 3 N–H and O–H groups in total. The first-order valence-electron chi connectivity index (χ1n) is 12.2. The fourth-order valence-electron chi connectivity index (χ4n) is 4.79. The predicted octanol–water partition coefficient (Wildman–Crippen LogP) is 1.49. The number of hydrogen-bond acceptors (Lipinski definition) is 10. The van der Waals surface area contributed by atoms with Gasteiger partial charge in [-0.15, -0.1) is 0 Å². The molecule has 0 radical (unpaired) electrons. The summed E-state index contributed by atoms with van der Waals surface area (Å²) >= 11 is 0. The van der Waals surface area contributed by atoms with Gasteiger partial charge in [-0.3, -0.25) is 4.79 Å². The first kappa shape index (κ1) is 27.0. The summed E-state index contributed by atoms with van der Waals surface area (Å²) in [6, 6.07) is 10.9. The van der Waals surface area contributed by atoms with Gasteiger partial charge < -0.3 is 43.7 Å². The number of methoxy groups -OCH3 is 3. The molecule has 4 rings (SSSR count). The number of cyclic esters (lactones) is 1. The van der Waals surface area contributed by atoms with Crippen molar-refractivity contribution in [1.82, 2.24) is 0 Å².